The first-order valence-electron chi connectivity index (χ1n) is 6.78. The molecule has 1 N–H and O–H groups in total. The number of hydrogen-bond acceptors (Lipinski definition) is 5. The van der Waals surface area contributed by atoms with Gasteiger partial charge in [-0.25, -0.2) is 0 Å². The van der Waals surface area contributed by atoms with Gasteiger partial charge in [0.25, 0.3) is 0 Å². The molecular weight excluding hydrogens is 278 g/mol. The highest BCUT2D eigenvalue weighted by atomic mass is 16.5. The first-order valence-corrected chi connectivity index (χ1v) is 6.78. The first kappa shape index (κ1) is 13.8. The molecule has 0 saturated heterocycles. The second-order valence-corrected chi connectivity index (χ2v) is 4.46. The van der Waals surface area contributed by atoms with Gasteiger partial charge in [0.15, 0.2) is 5.82 Å². The van der Waals surface area contributed by atoms with Crippen LogP contribution in [-0.2, 0) is 0 Å². The Morgan fingerprint density at radius 1 is 1.05 bits per heavy atom. The molecule has 0 aliphatic rings. The Kier molecular flexibility index (Phi) is 4.10. The summed E-state index contributed by atoms with van der Waals surface area (Å²) in [6.07, 6.45) is 3.59. The second-order valence-electron chi connectivity index (χ2n) is 4.46. The number of nitrogens with one attached hydrogen (secondary N) is 1. The number of ether oxygens (including phenoxy) is 1. The van der Waals surface area contributed by atoms with Gasteiger partial charge in [-0.1, -0.05) is 30.3 Å². The molecule has 0 amide bonds. The highest BCUT2D eigenvalue weighted by Gasteiger charge is 2.04. The van der Waals surface area contributed by atoms with E-state index in [9.17, 15) is 0 Å². The van der Waals surface area contributed by atoms with Crippen LogP contribution in [0.5, 0.6) is 5.75 Å². The van der Waals surface area contributed by atoms with Crippen molar-refractivity contribution < 1.29 is 4.74 Å². The van der Waals surface area contributed by atoms with Crippen molar-refractivity contribution in [2.75, 3.05) is 12.4 Å². The Balaban J connectivity index is 1.78. The molecular formula is C16H15N5O. The molecule has 3 aromatic rings. The van der Waals surface area contributed by atoms with E-state index in [0.717, 1.165) is 17.1 Å². The average Bonchev–Trinajstić information content (AvgIpc) is 3.04. The van der Waals surface area contributed by atoms with Gasteiger partial charge in [-0.15, -0.1) is 5.10 Å². The molecule has 0 saturated carbocycles. The second kappa shape index (κ2) is 6.53. The number of benzene rings is 2. The minimum atomic E-state index is 0.633. The third kappa shape index (κ3) is 2.95. The van der Waals surface area contributed by atoms with Crippen molar-refractivity contribution in [3.8, 4) is 11.4 Å². The van der Waals surface area contributed by atoms with Crippen molar-refractivity contribution in [2.24, 2.45) is 0 Å². The van der Waals surface area contributed by atoms with Gasteiger partial charge in [-0.3, -0.25) is 0 Å². The molecule has 3 rings (SSSR count). The number of nitrogens with zero attached hydrogens (tertiary/aromatic N) is 4. The Labute approximate surface area is 128 Å². The molecule has 0 unspecified atom stereocenters. The summed E-state index contributed by atoms with van der Waals surface area (Å²) in [6.45, 7) is 0. The fourth-order valence-electron chi connectivity index (χ4n) is 2.02. The van der Waals surface area contributed by atoms with Crippen LogP contribution < -0.4 is 10.1 Å². The zero-order chi connectivity index (χ0) is 15.2. The molecule has 1 aromatic heterocycles. The van der Waals surface area contributed by atoms with Crippen molar-refractivity contribution in [3.05, 3.63) is 66.6 Å². The molecule has 0 radical (unpaired) electrons. The molecule has 0 atom stereocenters. The summed E-state index contributed by atoms with van der Waals surface area (Å²) in [5, 5.41) is 14.9. The van der Waals surface area contributed by atoms with Crippen LogP contribution in [0.1, 0.15) is 5.82 Å². The van der Waals surface area contributed by atoms with Crippen molar-refractivity contribution in [1.29, 1.82) is 0 Å². The number of rotatable bonds is 5. The predicted molar refractivity (Wildman–Crippen MR) is 84.8 cm³/mol. The average molecular weight is 293 g/mol. The van der Waals surface area contributed by atoms with Crippen molar-refractivity contribution in [3.63, 3.8) is 0 Å². The lowest BCUT2D eigenvalue weighted by atomic mass is 10.3. The lowest BCUT2D eigenvalue weighted by molar-refractivity contribution is 0.417. The van der Waals surface area contributed by atoms with Crippen LogP contribution >= 0.6 is 0 Å². The third-order valence-corrected chi connectivity index (χ3v) is 3.07. The van der Waals surface area contributed by atoms with E-state index in [-0.39, 0.29) is 0 Å². The predicted octanol–water partition coefficient (Wildman–Crippen LogP) is 2.75. The van der Waals surface area contributed by atoms with E-state index < -0.39 is 0 Å². The minimum Gasteiger partial charge on any atom is -0.495 e. The topological polar surface area (TPSA) is 64.9 Å². The monoisotopic (exact) mass is 293 g/mol. The van der Waals surface area contributed by atoms with E-state index in [4.69, 9.17) is 4.74 Å². The fraction of sp³-hybridized carbons (Fsp3) is 0.0625. The normalized spacial score (nSPS) is 10.8. The van der Waals surface area contributed by atoms with Gasteiger partial charge in [0, 0.05) is 12.3 Å². The van der Waals surface area contributed by atoms with Gasteiger partial charge in [0.1, 0.15) is 5.75 Å². The van der Waals surface area contributed by atoms with E-state index in [2.05, 4.69) is 20.8 Å². The highest BCUT2D eigenvalue weighted by Crippen LogP contribution is 2.23. The van der Waals surface area contributed by atoms with Crippen LogP contribution in [0.2, 0.25) is 0 Å². The van der Waals surface area contributed by atoms with Crippen molar-refractivity contribution in [1.82, 2.24) is 20.2 Å². The maximum absolute atomic E-state index is 5.28. The fourth-order valence-corrected chi connectivity index (χ4v) is 2.02. The maximum atomic E-state index is 5.28. The molecule has 0 bridgehead atoms. The van der Waals surface area contributed by atoms with E-state index in [1.807, 2.05) is 54.6 Å². The number of aromatic nitrogens is 4. The van der Waals surface area contributed by atoms with Crippen LogP contribution in [0, 0.1) is 0 Å². The number of methoxy groups -OCH3 is 1. The molecule has 0 spiro atoms. The standard InChI is InChI=1S/C16H15N5O/c1-22-15-10-6-5-9-14(15)17-12-11-16-18-19-20-21(16)13-7-3-2-4-8-13/h2-12,17H,1H3/b12-11-. The van der Waals surface area contributed by atoms with E-state index in [0.29, 0.717) is 5.82 Å². The Morgan fingerprint density at radius 2 is 1.82 bits per heavy atom. The minimum absolute atomic E-state index is 0.633. The molecule has 110 valence electrons. The summed E-state index contributed by atoms with van der Waals surface area (Å²) in [6, 6.07) is 17.4. The zero-order valence-corrected chi connectivity index (χ0v) is 12.0. The van der Waals surface area contributed by atoms with Gasteiger partial charge >= 0.3 is 0 Å². The Hall–Kier alpha value is -3.15. The van der Waals surface area contributed by atoms with Crippen LogP contribution in [0.3, 0.4) is 0 Å². The van der Waals surface area contributed by atoms with Crippen molar-refractivity contribution in [2.45, 2.75) is 0 Å². The van der Waals surface area contributed by atoms with Gasteiger partial charge in [0.2, 0.25) is 0 Å². The molecule has 0 fully saturated rings. The number of anilines is 1. The number of para-hydroxylation sites is 3. The van der Waals surface area contributed by atoms with Gasteiger partial charge in [0.05, 0.1) is 18.5 Å². The smallest absolute Gasteiger partial charge is 0.181 e. The van der Waals surface area contributed by atoms with Crippen LogP contribution in [-0.4, -0.2) is 27.3 Å². The van der Waals surface area contributed by atoms with Crippen molar-refractivity contribution >= 4 is 11.8 Å². The molecule has 6 nitrogen and oxygen atoms in total. The number of tetrazole rings is 1. The molecule has 0 aliphatic heterocycles. The molecule has 6 heteroatoms. The Bertz CT molecular complexity index is 767. The van der Waals surface area contributed by atoms with Crippen LogP contribution in [0.15, 0.2) is 60.8 Å². The first-order chi connectivity index (χ1) is 10.9. The molecule has 1 heterocycles. The van der Waals surface area contributed by atoms with Crippen LogP contribution in [0.25, 0.3) is 11.8 Å². The van der Waals surface area contributed by atoms with Gasteiger partial charge in [-0.05, 0) is 34.7 Å². The largest absolute Gasteiger partial charge is 0.495 e. The summed E-state index contributed by atoms with van der Waals surface area (Å²) in [4.78, 5) is 0. The summed E-state index contributed by atoms with van der Waals surface area (Å²) >= 11 is 0. The molecule has 0 aliphatic carbocycles. The van der Waals surface area contributed by atoms with Crippen LogP contribution in [0.4, 0.5) is 5.69 Å². The van der Waals surface area contributed by atoms with Gasteiger partial charge in [-0.2, -0.15) is 4.68 Å². The highest BCUT2D eigenvalue weighted by molar-refractivity contribution is 5.60. The number of hydrogen-bond donors (Lipinski definition) is 1. The quantitative estimate of drug-likeness (QED) is 0.783. The zero-order valence-electron chi connectivity index (χ0n) is 12.0. The maximum Gasteiger partial charge on any atom is 0.181 e. The summed E-state index contributed by atoms with van der Waals surface area (Å²) < 4.78 is 6.95. The third-order valence-electron chi connectivity index (χ3n) is 3.07. The SMILES string of the molecule is COc1ccccc1N/C=C\c1nnnn1-c1ccccc1. The summed E-state index contributed by atoms with van der Waals surface area (Å²) in [7, 11) is 1.64. The summed E-state index contributed by atoms with van der Waals surface area (Å²) in [5.74, 6) is 1.41. The lowest BCUT2D eigenvalue weighted by Crippen LogP contribution is -1.99. The van der Waals surface area contributed by atoms with Gasteiger partial charge < -0.3 is 10.1 Å². The Morgan fingerprint density at radius 3 is 2.64 bits per heavy atom. The summed E-state index contributed by atoms with van der Waals surface area (Å²) in [5.41, 5.74) is 1.78. The van der Waals surface area contributed by atoms with E-state index >= 15 is 0 Å². The lowest BCUT2D eigenvalue weighted by Gasteiger charge is -2.07. The van der Waals surface area contributed by atoms with E-state index in [1.54, 1.807) is 24.1 Å². The molecule has 2 aromatic carbocycles. The van der Waals surface area contributed by atoms with E-state index in [1.165, 1.54) is 0 Å². The molecule has 22 heavy (non-hydrogen) atoms.